The van der Waals surface area contributed by atoms with Crippen LogP contribution in [0.3, 0.4) is 0 Å². The van der Waals surface area contributed by atoms with Crippen LogP contribution in [0.5, 0.6) is 5.75 Å². The van der Waals surface area contributed by atoms with Gasteiger partial charge in [0.25, 0.3) is 0 Å². The van der Waals surface area contributed by atoms with Crippen LogP contribution in [0.4, 0.5) is 0 Å². The number of aliphatic hydroxyl groups is 1. The van der Waals surface area contributed by atoms with E-state index in [4.69, 9.17) is 9.47 Å². The minimum atomic E-state index is -0.527. The van der Waals surface area contributed by atoms with E-state index in [1.54, 1.807) is 12.1 Å². The Balaban J connectivity index is 2.16. The van der Waals surface area contributed by atoms with Gasteiger partial charge in [0.15, 0.2) is 0 Å². The molecule has 132 valence electrons. The number of aliphatic hydroxyl groups excluding tert-OH is 1. The van der Waals surface area contributed by atoms with E-state index in [9.17, 15) is 9.90 Å². The van der Waals surface area contributed by atoms with Gasteiger partial charge in [0.05, 0.1) is 24.5 Å². The van der Waals surface area contributed by atoms with E-state index in [0.29, 0.717) is 30.4 Å². The molecule has 0 spiro atoms. The number of nitrogens with zero attached hydrogens (tertiary/aromatic N) is 1. The molecule has 1 heterocycles. The summed E-state index contributed by atoms with van der Waals surface area (Å²) in [6.45, 7) is 6.26. The third-order valence-corrected chi connectivity index (χ3v) is 3.58. The number of pyridine rings is 1. The highest BCUT2D eigenvalue weighted by Crippen LogP contribution is 2.25. The molecular formula is C20H23NO4. The number of benzene rings is 1. The smallest absolute Gasteiger partial charge is 0.339 e. The maximum Gasteiger partial charge on any atom is 0.339 e. The zero-order valence-electron chi connectivity index (χ0n) is 14.4. The number of aromatic nitrogens is 1. The van der Waals surface area contributed by atoms with Gasteiger partial charge in [-0.05, 0) is 24.1 Å². The second kappa shape index (κ2) is 9.59. The van der Waals surface area contributed by atoms with E-state index in [1.165, 1.54) is 0 Å². The van der Waals surface area contributed by atoms with Crippen molar-refractivity contribution in [3.63, 3.8) is 0 Å². The molecule has 2 aromatic rings. The summed E-state index contributed by atoms with van der Waals surface area (Å²) in [5.74, 6) is -0.0981. The van der Waals surface area contributed by atoms with Crippen molar-refractivity contribution in [2.45, 2.75) is 33.0 Å². The lowest BCUT2D eigenvalue weighted by Gasteiger charge is -2.13. The highest BCUT2D eigenvalue weighted by Gasteiger charge is 2.18. The molecule has 1 aromatic heterocycles. The molecule has 0 atom stereocenters. The minimum absolute atomic E-state index is 0.120. The number of carbonyl (C=O) groups is 1. The van der Waals surface area contributed by atoms with Gasteiger partial charge >= 0.3 is 5.97 Å². The zero-order chi connectivity index (χ0) is 18.1. The van der Waals surface area contributed by atoms with Crippen LogP contribution in [0.15, 0.2) is 49.0 Å². The molecular weight excluding hydrogens is 318 g/mol. The fourth-order valence-electron chi connectivity index (χ4n) is 2.14. The van der Waals surface area contributed by atoms with Crippen molar-refractivity contribution in [1.82, 2.24) is 4.98 Å². The van der Waals surface area contributed by atoms with E-state index in [0.717, 1.165) is 18.4 Å². The summed E-state index contributed by atoms with van der Waals surface area (Å²) in [7, 11) is 0. The lowest BCUT2D eigenvalue weighted by Crippen LogP contribution is -2.11. The van der Waals surface area contributed by atoms with Gasteiger partial charge in [-0.15, -0.1) is 0 Å². The van der Waals surface area contributed by atoms with Gasteiger partial charge in [-0.25, -0.2) is 9.78 Å². The summed E-state index contributed by atoms with van der Waals surface area (Å²) in [5.41, 5.74) is 1.85. The molecule has 2 rings (SSSR count). The van der Waals surface area contributed by atoms with Crippen LogP contribution in [-0.2, 0) is 22.7 Å². The molecule has 0 aliphatic rings. The van der Waals surface area contributed by atoms with Crippen molar-refractivity contribution in [3.05, 3.63) is 66.0 Å². The van der Waals surface area contributed by atoms with Gasteiger partial charge < -0.3 is 14.6 Å². The molecule has 0 aliphatic heterocycles. The van der Waals surface area contributed by atoms with Crippen LogP contribution < -0.4 is 4.74 Å². The maximum absolute atomic E-state index is 12.2. The summed E-state index contributed by atoms with van der Waals surface area (Å²) in [6.07, 6.45) is 1.73. The van der Waals surface area contributed by atoms with Gasteiger partial charge in [0, 0.05) is 0 Å². The van der Waals surface area contributed by atoms with Gasteiger partial charge in [-0.3, -0.25) is 0 Å². The second-order valence-corrected chi connectivity index (χ2v) is 5.55. The Morgan fingerprint density at radius 3 is 2.64 bits per heavy atom. The number of rotatable bonds is 9. The van der Waals surface area contributed by atoms with Crippen molar-refractivity contribution in [2.75, 3.05) is 6.61 Å². The highest BCUT2D eigenvalue weighted by atomic mass is 16.5. The first-order valence-corrected chi connectivity index (χ1v) is 8.29. The van der Waals surface area contributed by atoms with E-state index >= 15 is 0 Å². The largest absolute Gasteiger partial charge is 0.487 e. The topological polar surface area (TPSA) is 68.7 Å². The normalized spacial score (nSPS) is 10.3. The number of unbranched alkanes of at least 4 members (excludes halogenated alkanes) is 1. The number of carbonyl (C=O) groups excluding carboxylic acids is 1. The summed E-state index contributed by atoms with van der Waals surface area (Å²) < 4.78 is 11.0. The average Bonchev–Trinajstić information content (AvgIpc) is 2.66. The number of hydrogen-bond donors (Lipinski definition) is 1. The molecule has 25 heavy (non-hydrogen) atoms. The second-order valence-electron chi connectivity index (χ2n) is 5.55. The first kappa shape index (κ1) is 18.7. The minimum Gasteiger partial charge on any atom is -0.487 e. The third-order valence-electron chi connectivity index (χ3n) is 3.58. The lowest BCUT2D eigenvalue weighted by molar-refractivity contribution is -0.136. The molecule has 5 nitrogen and oxygen atoms in total. The number of esters is 1. The Bertz CT molecular complexity index is 713. The average molecular weight is 341 g/mol. The molecule has 0 radical (unpaired) electrons. The Morgan fingerprint density at radius 1 is 1.20 bits per heavy atom. The molecule has 0 amide bonds. The van der Waals surface area contributed by atoms with Crippen molar-refractivity contribution in [3.8, 4) is 5.75 Å². The Hall–Kier alpha value is -2.66. The molecule has 1 N–H and O–H groups in total. The standard InChI is InChI=1S/C20H23NO4/c1-3-4-12-24-20(23)15(2)19-18(11-10-17(13-22)21-19)25-14-16-8-6-5-7-9-16/h5-11,22H,2-4,12-14H2,1H3. The zero-order valence-corrected chi connectivity index (χ0v) is 14.4. The van der Waals surface area contributed by atoms with Crippen molar-refractivity contribution >= 4 is 11.5 Å². The molecule has 1 aromatic carbocycles. The van der Waals surface area contributed by atoms with E-state index < -0.39 is 5.97 Å². The fraction of sp³-hybridized carbons (Fsp3) is 0.300. The fourth-order valence-corrected chi connectivity index (χ4v) is 2.14. The highest BCUT2D eigenvalue weighted by molar-refractivity contribution is 6.15. The lowest BCUT2D eigenvalue weighted by atomic mass is 10.1. The third kappa shape index (κ3) is 5.43. The predicted molar refractivity (Wildman–Crippen MR) is 95.8 cm³/mol. The maximum atomic E-state index is 12.2. The van der Waals surface area contributed by atoms with Crippen LogP contribution in [-0.4, -0.2) is 22.7 Å². The van der Waals surface area contributed by atoms with Crippen LogP contribution >= 0.6 is 0 Å². The van der Waals surface area contributed by atoms with E-state index in [1.807, 2.05) is 37.3 Å². The molecule has 5 heteroatoms. The van der Waals surface area contributed by atoms with Crippen LogP contribution in [0.2, 0.25) is 0 Å². The molecule has 0 saturated heterocycles. The SMILES string of the molecule is C=C(C(=O)OCCCC)c1nc(CO)ccc1OCc1ccccc1. The molecule has 0 bridgehead atoms. The van der Waals surface area contributed by atoms with Crippen molar-refractivity contribution in [2.24, 2.45) is 0 Å². The van der Waals surface area contributed by atoms with Crippen molar-refractivity contribution in [1.29, 1.82) is 0 Å². The monoisotopic (exact) mass is 341 g/mol. The number of hydrogen-bond acceptors (Lipinski definition) is 5. The molecule has 0 fully saturated rings. The Kier molecular flexibility index (Phi) is 7.16. The molecule has 0 saturated carbocycles. The van der Waals surface area contributed by atoms with Crippen LogP contribution in [0.25, 0.3) is 5.57 Å². The van der Waals surface area contributed by atoms with Gasteiger partial charge in [-0.1, -0.05) is 50.3 Å². The molecule has 0 aliphatic carbocycles. The first-order valence-electron chi connectivity index (χ1n) is 8.29. The molecule has 0 unspecified atom stereocenters. The first-order chi connectivity index (χ1) is 12.2. The predicted octanol–water partition coefficient (Wildman–Crippen LogP) is 3.51. The quantitative estimate of drug-likeness (QED) is 0.429. The van der Waals surface area contributed by atoms with Crippen LogP contribution in [0.1, 0.15) is 36.7 Å². The summed E-state index contributed by atoms with van der Waals surface area (Å²) >= 11 is 0. The number of ether oxygens (including phenoxy) is 2. The van der Waals surface area contributed by atoms with Crippen molar-refractivity contribution < 1.29 is 19.4 Å². The van der Waals surface area contributed by atoms with Gasteiger partial charge in [0.2, 0.25) is 0 Å². The van der Waals surface area contributed by atoms with Crippen LogP contribution in [0, 0.1) is 0 Å². The summed E-state index contributed by atoms with van der Waals surface area (Å²) in [4.78, 5) is 16.4. The van der Waals surface area contributed by atoms with Gasteiger partial charge in [-0.2, -0.15) is 0 Å². The van der Waals surface area contributed by atoms with E-state index in [2.05, 4.69) is 11.6 Å². The summed E-state index contributed by atoms with van der Waals surface area (Å²) in [5, 5.41) is 9.31. The Labute approximate surface area is 147 Å². The van der Waals surface area contributed by atoms with Gasteiger partial charge in [0.1, 0.15) is 18.1 Å². The van der Waals surface area contributed by atoms with E-state index in [-0.39, 0.29) is 12.2 Å². The Morgan fingerprint density at radius 2 is 1.96 bits per heavy atom. The summed E-state index contributed by atoms with van der Waals surface area (Å²) in [6, 6.07) is 13.0.